The summed E-state index contributed by atoms with van der Waals surface area (Å²) in [6.45, 7) is 0.749. The highest BCUT2D eigenvalue weighted by Crippen LogP contribution is 2.42. The molecular formula is C24H24Cl2N2O6S. The van der Waals surface area contributed by atoms with Gasteiger partial charge in [-0.25, -0.2) is 8.42 Å². The van der Waals surface area contributed by atoms with Crippen LogP contribution in [0.1, 0.15) is 18.1 Å². The molecule has 0 aliphatic carbocycles. The van der Waals surface area contributed by atoms with E-state index in [-0.39, 0.29) is 31.9 Å². The second-order valence-electron chi connectivity index (χ2n) is 7.71. The number of sulfonamides is 1. The lowest BCUT2D eigenvalue weighted by Crippen LogP contribution is -2.40. The molecule has 0 saturated carbocycles. The molecule has 0 saturated heterocycles. The molecule has 0 bridgehead atoms. The van der Waals surface area contributed by atoms with Crippen LogP contribution in [0.3, 0.4) is 0 Å². The smallest absolute Gasteiger partial charge is 0.264 e. The lowest BCUT2D eigenvalue weighted by Gasteiger charge is -2.32. The molecule has 3 rings (SSSR count). The number of hydrogen-bond acceptors (Lipinski definition) is 6. The summed E-state index contributed by atoms with van der Waals surface area (Å²) in [5, 5.41) is 12.1. The molecule has 0 aliphatic heterocycles. The molecule has 3 aromatic rings. The van der Waals surface area contributed by atoms with E-state index in [1.54, 1.807) is 24.3 Å². The summed E-state index contributed by atoms with van der Waals surface area (Å²) in [7, 11) is -1.60. The normalized spacial score (nSPS) is 13.1. The van der Waals surface area contributed by atoms with E-state index in [0.29, 0.717) is 11.3 Å². The van der Waals surface area contributed by atoms with Crippen molar-refractivity contribution in [1.29, 1.82) is 0 Å². The Morgan fingerprint density at radius 2 is 1.66 bits per heavy atom. The zero-order chi connectivity index (χ0) is 26.0. The summed E-state index contributed by atoms with van der Waals surface area (Å²) in [6, 6.07) is 14.8. The van der Waals surface area contributed by atoms with Gasteiger partial charge in [-0.1, -0.05) is 41.4 Å². The number of aliphatic hydroxyl groups is 1. The summed E-state index contributed by atoms with van der Waals surface area (Å²) in [5.41, 5.74) is 4.05. The number of primary amides is 1. The first-order valence-corrected chi connectivity index (χ1v) is 12.4. The summed E-state index contributed by atoms with van der Waals surface area (Å²) in [4.78, 5) is 11.8. The molecule has 1 amide bonds. The molecule has 186 valence electrons. The molecule has 35 heavy (non-hydrogen) atoms. The largest absolute Gasteiger partial charge is 0.493 e. The van der Waals surface area contributed by atoms with E-state index in [9.17, 15) is 18.3 Å². The molecule has 3 aromatic carbocycles. The van der Waals surface area contributed by atoms with Crippen molar-refractivity contribution in [2.24, 2.45) is 5.73 Å². The van der Waals surface area contributed by atoms with E-state index >= 15 is 0 Å². The van der Waals surface area contributed by atoms with Crippen LogP contribution in [0.4, 0.5) is 5.69 Å². The minimum Gasteiger partial charge on any atom is -0.493 e. The van der Waals surface area contributed by atoms with Crippen LogP contribution in [-0.2, 0) is 20.4 Å². The van der Waals surface area contributed by atoms with Gasteiger partial charge in [0.15, 0.2) is 11.5 Å². The number of rotatable bonds is 9. The summed E-state index contributed by atoms with van der Waals surface area (Å²) < 4.78 is 38.8. The number of carbonyl (C=O) groups excluding carboxylic acids is 1. The van der Waals surface area contributed by atoms with Gasteiger partial charge in [0.1, 0.15) is 12.1 Å². The number of ether oxygens (including phenoxy) is 2. The van der Waals surface area contributed by atoms with Crippen molar-refractivity contribution in [2.45, 2.75) is 17.4 Å². The predicted molar refractivity (Wildman–Crippen MR) is 135 cm³/mol. The van der Waals surface area contributed by atoms with Gasteiger partial charge in [-0.2, -0.15) is 0 Å². The van der Waals surface area contributed by atoms with Crippen molar-refractivity contribution in [2.75, 3.05) is 25.1 Å². The topological polar surface area (TPSA) is 119 Å². The lowest BCUT2D eigenvalue weighted by molar-refractivity contribution is -0.116. The average molecular weight is 539 g/mol. The predicted octanol–water partition coefficient (Wildman–Crippen LogP) is 3.95. The van der Waals surface area contributed by atoms with Gasteiger partial charge in [-0.3, -0.25) is 9.10 Å². The van der Waals surface area contributed by atoms with Gasteiger partial charge >= 0.3 is 0 Å². The van der Waals surface area contributed by atoms with Crippen LogP contribution in [0.2, 0.25) is 10.0 Å². The molecule has 0 aromatic heterocycles. The van der Waals surface area contributed by atoms with E-state index in [0.717, 1.165) is 4.31 Å². The Kier molecular flexibility index (Phi) is 7.86. The second-order valence-corrected chi connectivity index (χ2v) is 10.4. The van der Waals surface area contributed by atoms with Gasteiger partial charge in [0.25, 0.3) is 10.0 Å². The molecule has 0 spiro atoms. The summed E-state index contributed by atoms with van der Waals surface area (Å²) in [6.07, 6.45) is 0. The van der Waals surface area contributed by atoms with Gasteiger partial charge in [-0.15, -0.1) is 0 Å². The molecule has 0 aliphatic rings. The number of carbonyl (C=O) groups is 1. The van der Waals surface area contributed by atoms with Crippen molar-refractivity contribution >= 4 is 44.8 Å². The van der Waals surface area contributed by atoms with Crippen LogP contribution < -0.4 is 19.5 Å². The molecule has 1 atom stereocenters. The second kappa shape index (κ2) is 10.3. The maximum Gasteiger partial charge on any atom is 0.264 e. The van der Waals surface area contributed by atoms with Crippen LogP contribution >= 0.6 is 23.2 Å². The highest BCUT2D eigenvalue weighted by molar-refractivity contribution is 7.92. The fraction of sp³-hybridized carbons (Fsp3) is 0.208. The first kappa shape index (κ1) is 26.6. The molecule has 0 radical (unpaired) electrons. The first-order valence-electron chi connectivity index (χ1n) is 10.2. The number of hydrogen-bond donors (Lipinski definition) is 2. The highest BCUT2D eigenvalue weighted by Gasteiger charge is 2.36. The van der Waals surface area contributed by atoms with Gasteiger partial charge in [0.2, 0.25) is 5.91 Å². The third-order valence-electron chi connectivity index (χ3n) is 5.39. The van der Waals surface area contributed by atoms with Crippen molar-refractivity contribution in [1.82, 2.24) is 0 Å². The molecule has 3 N–H and O–H groups in total. The Morgan fingerprint density at radius 1 is 1.00 bits per heavy atom. The summed E-state index contributed by atoms with van der Waals surface area (Å²) in [5.74, 6) is -0.416. The van der Waals surface area contributed by atoms with Crippen molar-refractivity contribution < 1.29 is 27.8 Å². The van der Waals surface area contributed by atoms with Gasteiger partial charge in [0.05, 0.1) is 24.8 Å². The average Bonchev–Trinajstić information content (AvgIpc) is 2.82. The van der Waals surface area contributed by atoms with Crippen LogP contribution in [0.5, 0.6) is 11.5 Å². The van der Waals surface area contributed by atoms with E-state index in [2.05, 4.69) is 0 Å². The zero-order valence-electron chi connectivity index (χ0n) is 19.2. The van der Waals surface area contributed by atoms with E-state index < -0.39 is 28.1 Å². The van der Waals surface area contributed by atoms with Crippen LogP contribution in [0.25, 0.3) is 0 Å². The summed E-state index contributed by atoms with van der Waals surface area (Å²) >= 11 is 12.6. The van der Waals surface area contributed by atoms with Gasteiger partial charge < -0.3 is 20.3 Å². The minimum atomic E-state index is -4.38. The number of benzene rings is 3. The third kappa shape index (κ3) is 5.33. The molecule has 8 nitrogen and oxygen atoms in total. The van der Waals surface area contributed by atoms with Gasteiger partial charge in [-0.05, 0) is 43.3 Å². The monoisotopic (exact) mass is 538 g/mol. The molecule has 11 heteroatoms. The molecule has 1 unspecified atom stereocenters. The van der Waals surface area contributed by atoms with Crippen molar-refractivity contribution in [3.8, 4) is 11.5 Å². The van der Waals surface area contributed by atoms with E-state index in [4.69, 9.17) is 38.4 Å². The quantitative estimate of drug-likeness (QED) is 0.425. The number of halogens is 2. The third-order valence-corrected chi connectivity index (χ3v) is 7.71. The zero-order valence-corrected chi connectivity index (χ0v) is 21.5. The SMILES string of the molecule is COc1ccc(S(=O)(=O)N(CC(N)=O)c2ccc(Cl)cc2C(C)(O)c2ccccc2Cl)cc1OC. The Bertz CT molecular complexity index is 1360. The maximum atomic E-state index is 13.8. The molecule has 0 heterocycles. The van der Waals surface area contributed by atoms with Gasteiger partial charge in [0, 0.05) is 27.2 Å². The maximum absolute atomic E-state index is 13.8. The van der Waals surface area contributed by atoms with Crippen molar-refractivity contribution in [3.63, 3.8) is 0 Å². The number of amides is 1. The highest BCUT2D eigenvalue weighted by atomic mass is 35.5. The number of nitrogens with zero attached hydrogens (tertiary/aromatic N) is 1. The molecular weight excluding hydrogens is 515 g/mol. The Hall–Kier alpha value is -2.98. The lowest BCUT2D eigenvalue weighted by atomic mass is 9.87. The molecule has 0 fully saturated rings. The standard InChI is InChI=1S/C24H24Cl2N2O6S/c1-24(30,17-6-4-5-7-19(17)26)18-12-15(25)8-10-20(18)28(14-23(27)29)35(31,32)16-9-11-21(33-2)22(13-16)34-3/h4-13,30H,14H2,1-3H3,(H2,27,29). The van der Waals surface area contributed by atoms with Crippen LogP contribution in [0.15, 0.2) is 65.6 Å². The Balaban J connectivity index is 2.27. The fourth-order valence-corrected chi connectivity index (χ4v) is 5.62. The van der Waals surface area contributed by atoms with E-state index in [1.165, 1.54) is 57.5 Å². The fourth-order valence-electron chi connectivity index (χ4n) is 3.66. The van der Waals surface area contributed by atoms with Crippen molar-refractivity contribution in [3.05, 3.63) is 81.8 Å². The van der Waals surface area contributed by atoms with E-state index in [1.807, 2.05) is 0 Å². The number of methoxy groups -OCH3 is 2. The minimum absolute atomic E-state index is 0.00657. The Morgan fingerprint density at radius 3 is 2.26 bits per heavy atom. The Labute approximate surface area is 213 Å². The number of anilines is 1. The first-order chi connectivity index (χ1) is 16.4. The van der Waals surface area contributed by atoms with Crippen LogP contribution in [-0.4, -0.2) is 40.2 Å². The number of nitrogens with two attached hydrogens (primary N) is 1. The van der Waals surface area contributed by atoms with Crippen LogP contribution in [0, 0.1) is 0 Å².